The van der Waals surface area contributed by atoms with Gasteiger partial charge in [-0.05, 0) is 66.7 Å². The van der Waals surface area contributed by atoms with Crippen molar-refractivity contribution in [3.63, 3.8) is 0 Å². The Hall–Kier alpha value is -1.69. The lowest BCUT2D eigenvalue weighted by Crippen LogP contribution is -2.52. The van der Waals surface area contributed by atoms with Crippen LogP contribution >= 0.6 is 11.8 Å². The minimum atomic E-state index is -0.385. The molecule has 0 radical (unpaired) electrons. The zero-order chi connectivity index (χ0) is 23.3. The third-order valence-electron chi connectivity index (χ3n) is 7.32. The summed E-state index contributed by atoms with van der Waals surface area (Å²) in [6.07, 6.45) is 4.19. The summed E-state index contributed by atoms with van der Waals surface area (Å²) < 4.78 is 5.25. The van der Waals surface area contributed by atoms with Crippen LogP contribution in [-0.2, 0) is 4.79 Å². The summed E-state index contributed by atoms with van der Waals surface area (Å²) in [6, 6.07) is 7.16. The van der Waals surface area contributed by atoms with Crippen molar-refractivity contribution in [1.82, 2.24) is 9.80 Å². The molecule has 3 fully saturated rings. The molecular weight excluding hydrogens is 420 g/mol. The molecule has 2 heterocycles. The van der Waals surface area contributed by atoms with Crippen LogP contribution in [0, 0.1) is 16.7 Å². The van der Waals surface area contributed by atoms with Gasteiger partial charge in [0.2, 0.25) is 5.91 Å². The predicted octanol–water partition coefficient (Wildman–Crippen LogP) is 5.05. The van der Waals surface area contributed by atoms with E-state index in [2.05, 4.69) is 39.5 Å². The number of hydrogen-bond donors (Lipinski definition) is 0. The molecule has 32 heavy (non-hydrogen) atoms. The Morgan fingerprint density at radius 3 is 2.47 bits per heavy atom. The Kier molecular flexibility index (Phi) is 6.30. The first-order valence-corrected chi connectivity index (χ1v) is 13.0. The molecule has 1 aromatic rings. The van der Waals surface area contributed by atoms with Gasteiger partial charge in [0.05, 0.1) is 12.5 Å². The molecule has 6 heteroatoms. The van der Waals surface area contributed by atoms with Gasteiger partial charge in [-0.15, -0.1) is 11.8 Å². The van der Waals surface area contributed by atoms with Gasteiger partial charge >= 0.3 is 0 Å². The third-order valence-corrected chi connectivity index (χ3v) is 8.63. The average Bonchev–Trinajstić information content (AvgIpc) is 3.23. The van der Waals surface area contributed by atoms with Crippen LogP contribution < -0.4 is 4.74 Å². The maximum absolute atomic E-state index is 13.9. The number of benzene rings is 1. The summed E-state index contributed by atoms with van der Waals surface area (Å²) in [6.45, 7) is 12.2. The van der Waals surface area contributed by atoms with Crippen molar-refractivity contribution >= 4 is 23.6 Å². The predicted molar refractivity (Wildman–Crippen MR) is 130 cm³/mol. The molecule has 4 rings (SSSR count). The lowest BCUT2D eigenvalue weighted by Gasteiger charge is -2.39. The minimum Gasteiger partial charge on any atom is -0.497 e. The maximum atomic E-state index is 13.9. The van der Waals surface area contributed by atoms with E-state index in [1.807, 2.05) is 29.2 Å². The second kappa shape index (κ2) is 8.58. The Labute approximate surface area is 197 Å². The third kappa shape index (κ3) is 4.52. The summed E-state index contributed by atoms with van der Waals surface area (Å²) in [5.41, 5.74) is 1.07. The molecule has 1 aliphatic carbocycles. The summed E-state index contributed by atoms with van der Waals surface area (Å²) >= 11 is 1.76. The maximum Gasteiger partial charge on any atom is 0.255 e. The van der Waals surface area contributed by atoms with E-state index in [0.29, 0.717) is 23.3 Å². The van der Waals surface area contributed by atoms with Crippen molar-refractivity contribution < 1.29 is 14.3 Å². The highest BCUT2D eigenvalue weighted by atomic mass is 32.2. The van der Waals surface area contributed by atoms with E-state index in [9.17, 15) is 9.59 Å². The summed E-state index contributed by atoms with van der Waals surface area (Å²) in [4.78, 5) is 31.6. The number of ether oxygens (including phenoxy) is 1. The zero-order valence-corrected chi connectivity index (χ0v) is 21.2. The van der Waals surface area contributed by atoms with Crippen LogP contribution in [0.5, 0.6) is 5.75 Å². The number of methoxy groups -OCH3 is 1. The second-order valence-corrected chi connectivity index (χ2v) is 12.8. The van der Waals surface area contributed by atoms with Gasteiger partial charge in [-0.2, -0.15) is 0 Å². The molecule has 2 saturated heterocycles. The van der Waals surface area contributed by atoms with Crippen molar-refractivity contribution in [3.05, 3.63) is 29.8 Å². The molecule has 2 bridgehead atoms. The number of hydrogen-bond acceptors (Lipinski definition) is 4. The number of amides is 2. The van der Waals surface area contributed by atoms with E-state index in [4.69, 9.17) is 4.74 Å². The molecule has 0 aromatic heterocycles. The van der Waals surface area contributed by atoms with E-state index >= 15 is 0 Å². The van der Waals surface area contributed by atoms with Crippen molar-refractivity contribution in [2.75, 3.05) is 19.4 Å². The topological polar surface area (TPSA) is 49.9 Å². The zero-order valence-electron chi connectivity index (χ0n) is 20.4. The average molecular weight is 459 g/mol. The first-order chi connectivity index (χ1) is 15.0. The van der Waals surface area contributed by atoms with Gasteiger partial charge in [-0.25, -0.2) is 0 Å². The van der Waals surface area contributed by atoms with Crippen LogP contribution in [-0.4, -0.2) is 58.5 Å². The molecule has 4 atom stereocenters. The van der Waals surface area contributed by atoms with Crippen molar-refractivity contribution in [3.8, 4) is 5.75 Å². The quantitative estimate of drug-likeness (QED) is 0.619. The number of carbonyl (C=O) groups is 2. The molecule has 5 nitrogen and oxygen atoms in total. The van der Waals surface area contributed by atoms with Crippen LogP contribution in [0.1, 0.15) is 70.7 Å². The van der Waals surface area contributed by atoms with Gasteiger partial charge in [-0.1, -0.05) is 34.6 Å². The van der Waals surface area contributed by atoms with E-state index in [1.165, 1.54) is 0 Å². The molecule has 0 N–H and O–H groups in total. The number of thioether (sulfide) groups is 1. The van der Waals surface area contributed by atoms with Gasteiger partial charge in [0.1, 0.15) is 11.8 Å². The van der Waals surface area contributed by atoms with E-state index in [-0.39, 0.29) is 34.1 Å². The summed E-state index contributed by atoms with van der Waals surface area (Å²) in [5, 5.41) is 0.0348. The molecule has 0 spiro atoms. The molecular formula is C26H38N2O3S. The van der Waals surface area contributed by atoms with Gasteiger partial charge in [0.25, 0.3) is 5.91 Å². The first-order valence-electron chi connectivity index (χ1n) is 11.9. The van der Waals surface area contributed by atoms with Gasteiger partial charge < -0.3 is 14.5 Å². The van der Waals surface area contributed by atoms with Crippen molar-refractivity contribution in [2.24, 2.45) is 16.7 Å². The molecule has 1 aromatic carbocycles. The SMILES string of the molecule is COc1ccc(C(=O)N2C(CC(C)C)SCC2C(=O)N2CC3(C)CC2CC(C)(C)C3)cc1. The van der Waals surface area contributed by atoms with E-state index < -0.39 is 0 Å². The standard InChI is InChI=1S/C26H38N2O3S/c1-17(2)11-22-28(23(29)18-7-9-20(31-6)10-8-18)21(14-32-22)24(30)27-16-26(5)13-19(27)12-25(3,4)15-26/h7-10,17,19,21-22H,11-16H2,1-6H3. The molecule has 4 unspecified atom stereocenters. The fraction of sp³-hybridized carbons (Fsp3) is 0.692. The summed E-state index contributed by atoms with van der Waals surface area (Å²) in [5.74, 6) is 1.97. The number of likely N-dealkylation sites (tertiary alicyclic amines) is 1. The van der Waals surface area contributed by atoms with Crippen LogP contribution in [0.4, 0.5) is 0 Å². The monoisotopic (exact) mass is 458 g/mol. The van der Waals surface area contributed by atoms with Crippen LogP contribution in [0.2, 0.25) is 0 Å². The van der Waals surface area contributed by atoms with Crippen molar-refractivity contribution in [2.45, 2.75) is 77.8 Å². The molecule has 2 aliphatic heterocycles. The molecule has 1 saturated carbocycles. The smallest absolute Gasteiger partial charge is 0.255 e. The lowest BCUT2D eigenvalue weighted by molar-refractivity contribution is -0.136. The van der Waals surface area contributed by atoms with Crippen LogP contribution in [0.15, 0.2) is 24.3 Å². The highest BCUT2D eigenvalue weighted by Gasteiger charge is 2.53. The Morgan fingerprint density at radius 2 is 1.84 bits per heavy atom. The fourth-order valence-electron chi connectivity index (χ4n) is 6.40. The number of rotatable bonds is 5. The highest BCUT2D eigenvalue weighted by Crippen LogP contribution is 2.53. The molecule has 176 valence electrons. The van der Waals surface area contributed by atoms with Crippen molar-refractivity contribution in [1.29, 1.82) is 0 Å². The van der Waals surface area contributed by atoms with Crippen LogP contribution in [0.3, 0.4) is 0 Å². The largest absolute Gasteiger partial charge is 0.497 e. The Balaban J connectivity index is 1.60. The normalized spacial score (nSPS) is 31.3. The lowest BCUT2D eigenvalue weighted by atomic mass is 9.65. The number of fused-ring (bicyclic) bond motifs is 2. The minimum absolute atomic E-state index is 0.0348. The Morgan fingerprint density at radius 1 is 1.16 bits per heavy atom. The number of nitrogens with zero attached hydrogens (tertiary/aromatic N) is 2. The second-order valence-electron chi connectivity index (χ2n) is 11.6. The van der Waals surface area contributed by atoms with Gasteiger partial charge in [-0.3, -0.25) is 9.59 Å². The fourth-order valence-corrected chi connectivity index (χ4v) is 8.03. The molecule has 3 aliphatic rings. The first kappa shape index (κ1) is 23.5. The molecule has 2 amide bonds. The van der Waals surface area contributed by atoms with Gasteiger partial charge in [0.15, 0.2) is 0 Å². The Bertz CT molecular complexity index is 868. The van der Waals surface area contributed by atoms with E-state index in [1.54, 1.807) is 18.9 Å². The number of carbonyl (C=O) groups excluding carboxylic acids is 2. The highest BCUT2D eigenvalue weighted by molar-refractivity contribution is 8.00. The van der Waals surface area contributed by atoms with Gasteiger partial charge in [0, 0.05) is 23.9 Å². The van der Waals surface area contributed by atoms with Crippen LogP contribution in [0.25, 0.3) is 0 Å². The van der Waals surface area contributed by atoms with E-state index in [0.717, 1.165) is 38.0 Å². The summed E-state index contributed by atoms with van der Waals surface area (Å²) in [7, 11) is 1.62.